The van der Waals surface area contributed by atoms with E-state index in [0.29, 0.717) is 0 Å². The number of carboxylic acids is 2. The van der Waals surface area contributed by atoms with Gasteiger partial charge in [0.1, 0.15) is 66.9 Å². The van der Waals surface area contributed by atoms with Gasteiger partial charge in [0.25, 0.3) is 5.56 Å². The second kappa shape index (κ2) is 22.1. The van der Waals surface area contributed by atoms with Crippen molar-refractivity contribution < 1.29 is 69.1 Å². The Hall–Kier alpha value is -4.61. The molecular weight excluding hydrogens is 828 g/mol. The highest BCUT2D eigenvalue weighted by Gasteiger charge is 2.54. The Morgan fingerprint density at radius 1 is 0.935 bits per heavy atom. The van der Waals surface area contributed by atoms with Crippen molar-refractivity contribution in [3.8, 4) is 0 Å². The average Bonchev–Trinajstić information content (AvgIpc) is 3.65. The van der Waals surface area contributed by atoms with Gasteiger partial charge in [0.15, 0.2) is 18.5 Å². The maximum Gasteiger partial charge on any atom is 0.330 e. The van der Waals surface area contributed by atoms with Crippen LogP contribution in [0.25, 0.3) is 0 Å². The molecule has 15 atom stereocenters. The molecule has 0 saturated carbocycles. The number of rotatable bonds is 22. The van der Waals surface area contributed by atoms with Gasteiger partial charge in [-0.25, -0.2) is 4.79 Å². The van der Waals surface area contributed by atoms with E-state index >= 15 is 0 Å². The van der Waals surface area contributed by atoms with Gasteiger partial charge in [0, 0.05) is 31.9 Å². The molecule has 2 fully saturated rings. The lowest BCUT2D eigenvalue weighted by Crippen LogP contribution is -2.66. The van der Waals surface area contributed by atoms with Crippen molar-refractivity contribution in [3.05, 3.63) is 33.1 Å². The summed E-state index contributed by atoms with van der Waals surface area (Å²) in [6, 6.07) is -5.58. The number of aliphatic hydroxyl groups excluding tert-OH is 5. The normalized spacial score (nSPS) is 29.2. The fourth-order valence-corrected chi connectivity index (χ4v) is 7.28. The van der Waals surface area contributed by atoms with Crippen molar-refractivity contribution in [1.29, 1.82) is 0 Å². The second-order valence-electron chi connectivity index (χ2n) is 16.0. The number of nitrogens with two attached hydrogens (primary N) is 2. The molecule has 2 saturated heterocycles. The van der Waals surface area contributed by atoms with Crippen molar-refractivity contribution in [3.63, 3.8) is 0 Å². The second-order valence-corrected chi connectivity index (χ2v) is 16.0. The first-order valence-electron chi connectivity index (χ1n) is 20.2. The third kappa shape index (κ3) is 12.1. The van der Waals surface area contributed by atoms with Crippen LogP contribution in [-0.2, 0) is 33.4 Å². The van der Waals surface area contributed by atoms with E-state index in [1.54, 1.807) is 27.7 Å². The van der Waals surface area contributed by atoms with Gasteiger partial charge >= 0.3 is 17.6 Å². The summed E-state index contributed by atoms with van der Waals surface area (Å²) < 4.78 is 17.9. The molecule has 26 nitrogen and oxygen atoms in total. The third-order valence-electron chi connectivity index (χ3n) is 10.8. The van der Waals surface area contributed by atoms with Crippen LogP contribution in [0.3, 0.4) is 0 Å². The van der Waals surface area contributed by atoms with Gasteiger partial charge in [-0.1, -0.05) is 27.7 Å². The van der Waals surface area contributed by atoms with Crippen LogP contribution in [0.1, 0.15) is 46.8 Å². The van der Waals surface area contributed by atoms with Crippen LogP contribution in [0.15, 0.2) is 26.8 Å². The highest BCUT2D eigenvalue weighted by Crippen LogP contribution is 2.34. The molecule has 26 heteroatoms. The Bertz CT molecular complexity index is 1850. The lowest BCUT2D eigenvalue weighted by Gasteiger charge is -2.35. The summed E-state index contributed by atoms with van der Waals surface area (Å²) in [6.07, 6.45) is -15.4. The van der Waals surface area contributed by atoms with E-state index in [-0.39, 0.29) is 45.0 Å². The van der Waals surface area contributed by atoms with E-state index in [2.05, 4.69) is 31.6 Å². The van der Waals surface area contributed by atoms with E-state index in [9.17, 15) is 64.5 Å². The molecular formula is C36H60N10O16. The Morgan fingerprint density at radius 2 is 1.61 bits per heavy atom. The van der Waals surface area contributed by atoms with Crippen LogP contribution >= 0.6 is 0 Å². The van der Waals surface area contributed by atoms with E-state index in [0.717, 1.165) is 16.8 Å². The molecule has 0 radical (unpaired) electrons. The molecule has 3 aliphatic rings. The number of carboxylic acid groups (broad SMARTS) is 2. The lowest BCUT2D eigenvalue weighted by molar-refractivity contribution is -0.228. The fourth-order valence-electron chi connectivity index (χ4n) is 7.28. The maximum atomic E-state index is 13.9. The van der Waals surface area contributed by atoms with Crippen molar-refractivity contribution in [2.75, 3.05) is 26.2 Å². The molecule has 0 aromatic carbocycles. The summed E-state index contributed by atoms with van der Waals surface area (Å²) in [5, 5.41) is 88.0. The average molecular weight is 889 g/mol. The summed E-state index contributed by atoms with van der Waals surface area (Å²) >= 11 is 0. The quantitative estimate of drug-likeness (QED) is 0.0481. The number of guanidine groups is 1. The minimum absolute atomic E-state index is 0.00718. The predicted octanol–water partition coefficient (Wildman–Crippen LogP) is -7.26. The number of carbonyl (C=O) groups is 4. The van der Waals surface area contributed by atoms with Crippen LogP contribution in [0.4, 0.5) is 0 Å². The fraction of sp³-hybridized carbons (Fsp3) is 0.750. The molecule has 0 aliphatic carbocycles. The zero-order chi connectivity index (χ0) is 46.2. The molecule has 1 aromatic heterocycles. The van der Waals surface area contributed by atoms with Gasteiger partial charge in [-0.05, 0) is 31.2 Å². The number of carbonyl (C=O) groups excluding carboxylic acids is 2. The molecule has 0 bridgehead atoms. The number of aliphatic carboxylic acids is 2. The van der Waals surface area contributed by atoms with Crippen molar-refractivity contribution in [1.82, 2.24) is 36.1 Å². The first kappa shape index (κ1) is 50.0. The zero-order valence-corrected chi connectivity index (χ0v) is 34.6. The van der Waals surface area contributed by atoms with E-state index in [1.165, 1.54) is 0 Å². The monoisotopic (exact) mass is 888 g/mol. The number of nitrogens with zero attached hydrogens (tertiary/aromatic N) is 2. The summed E-state index contributed by atoms with van der Waals surface area (Å²) in [5.74, 6) is -5.42. The smallest absolute Gasteiger partial charge is 0.330 e. The first-order valence-corrected chi connectivity index (χ1v) is 20.2. The van der Waals surface area contributed by atoms with Gasteiger partial charge in [-0.3, -0.25) is 43.8 Å². The maximum absolute atomic E-state index is 13.9. The summed E-state index contributed by atoms with van der Waals surface area (Å²) in [6.45, 7) is 6.11. The SMILES string of the molecule is CC(C)[C@H](N[C@H](C(=O)N[C@H](C(=O)NCCCN[C@H](C(=O)O)[C@H](O[C@@H]1O[C@H](CN)[C@@H](O)[C@H]1O)[C@H]1O[C@@H](n2ccc(=O)[nH]c2=O)[C@H](O)[C@@H]1O)[C@@H](O)C(C)C)[C@@H]1CCN=C(N)N1)C(=O)O. The number of amides is 2. The van der Waals surface area contributed by atoms with Crippen LogP contribution in [0.2, 0.25) is 0 Å². The molecule has 2 amide bonds. The van der Waals surface area contributed by atoms with Crippen LogP contribution in [0.5, 0.6) is 0 Å². The first-order chi connectivity index (χ1) is 29.2. The summed E-state index contributed by atoms with van der Waals surface area (Å²) in [7, 11) is 0. The van der Waals surface area contributed by atoms with Crippen molar-refractivity contribution in [2.45, 2.75) is 132 Å². The number of H-pyrrole nitrogens is 1. The summed E-state index contributed by atoms with van der Waals surface area (Å²) in [5.41, 5.74) is 9.68. The Kier molecular flexibility index (Phi) is 17.9. The van der Waals surface area contributed by atoms with E-state index < -0.39 is 138 Å². The molecule has 350 valence electrons. The number of nitrogens with one attached hydrogen (secondary N) is 6. The van der Waals surface area contributed by atoms with Crippen LogP contribution in [-0.4, -0.2) is 187 Å². The number of ether oxygens (including phenoxy) is 3. The molecule has 17 N–H and O–H groups in total. The van der Waals surface area contributed by atoms with Crippen LogP contribution < -0.4 is 49.3 Å². The molecule has 0 spiro atoms. The Labute approximate surface area is 354 Å². The molecule has 3 aliphatic heterocycles. The third-order valence-corrected chi connectivity index (χ3v) is 10.8. The molecule has 1 aromatic rings. The van der Waals surface area contributed by atoms with Gasteiger partial charge in [0.05, 0.1) is 12.1 Å². The number of aliphatic hydroxyl groups is 5. The number of aliphatic imine (C=N–C) groups is 1. The highest BCUT2D eigenvalue weighted by molar-refractivity contribution is 5.91. The highest BCUT2D eigenvalue weighted by atomic mass is 16.7. The van der Waals surface area contributed by atoms with E-state index in [1.807, 2.05) is 4.98 Å². The van der Waals surface area contributed by atoms with Crippen molar-refractivity contribution >= 4 is 29.7 Å². The van der Waals surface area contributed by atoms with Gasteiger partial charge in [-0.2, -0.15) is 0 Å². The number of aromatic amines is 1. The van der Waals surface area contributed by atoms with Crippen molar-refractivity contribution in [2.24, 2.45) is 28.3 Å². The Balaban J connectivity index is 1.49. The topological polar surface area (TPSA) is 417 Å². The minimum Gasteiger partial charge on any atom is -0.480 e. The summed E-state index contributed by atoms with van der Waals surface area (Å²) in [4.78, 5) is 82.5. The van der Waals surface area contributed by atoms with Gasteiger partial charge in [0.2, 0.25) is 11.8 Å². The largest absolute Gasteiger partial charge is 0.480 e. The minimum atomic E-state index is -1.94. The standard InChI is InChI=1S/C36H60N10O16/c1-13(2)18(32(55)56)44-19(15-6-10-41-35(38)42-15)30(54)45-20(22(48)14(3)4)29(53)40-9-5-8-39-21(33(57)58)27(62-34-26(52)23(49)16(12-37)60-34)28-24(50)25(51)31(61-28)46-11-7-17(47)43-36(46)59/h7,11,13-16,18-28,31,34,39,44,48-52H,5-6,8-10,12,37H2,1-4H3,(H,40,53)(H,45,54)(H,55,56)(H,57,58)(H3,38,41,42)(H,43,47,59)/t15-,16+,18-,19-,20-,21-,22-,23+,24-,25+,26+,27-,28-,31+,34-/m0/s1. The number of aromatic nitrogens is 2. The molecule has 0 unspecified atom stereocenters. The predicted molar refractivity (Wildman–Crippen MR) is 213 cm³/mol. The lowest BCUT2D eigenvalue weighted by atomic mass is 9.95. The molecule has 4 rings (SSSR count). The zero-order valence-electron chi connectivity index (χ0n) is 34.6. The number of hydrogen-bond donors (Lipinski definition) is 15. The molecule has 62 heavy (non-hydrogen) atoms. The van der Waals surface area contributed by atoms with Crippen LogP contribution in [0, 0.1) is 11.8 Å². The molecule has 4 heterocycles. The van der Waals surface area contributed by atoms with Gasteiger partial charge < -0.3 is 82.7 Å². The number of hydrogen-bond acceptors (Lipinski definition) is 20. The van der Waals surface area contributed by atoms with Gasteiger partial charge in [-0.15, -0.1) is 0 Å². The Morgan fingerprint density at radius 3 is 2.18 bits per heavy atom. The van der Waals surface area contributed by atoms with E-state index in [4.69, 9.17) is 25.7 Å².